The van der Waals surface area contributed by atoms with Crippen molar-refractivity contribution in [2.45, 2.75) is 25.4 Å². The largest absolute Gasteiger partial charge is 0.454 e. The van der Waals surface area contributed by atoms with E-state index in [1.54, 1.807) is 0 Å². The van der Waals surface area contributed by atoms with Crippen LogP contribution in [0.4, 0.5) is 0 Å². The van der Waals surface area contributed by atoms with Gasteiger partial charge in [-0.1, -0.05) is 12.1 Å². The third-order valence-corrected chi connectivity index (χ3v) is 3.67. The average Bonchev–Trinajstić information content (AvgIpc) is 2.97. The minimum atomic E-state index is 0.0200. The highest BCUT2D eigenvalue weighted by Gasteiger charge is 2.18. The highest BCUT2D eigenvalue weighted by Crippen LogP contribution is 2.35. The molecule has 0 atom stereocenters. The first-order valence-electron chi connectivity index (χ1n) is 7.28. The molecule has 1 aromatic rings. The van der Waals surface area contributed by atoms with Crippen molar-refractivity contribution in [3.05, 3.63) is 23.8 Å². The number of carbonyl (C=O) groups excluding carboxylic acids is 1. The summed E-state index contributed by atoms with van der Waals surface area (Å²) in [6.07, 6.45) is 1.78. The Labute approximate surface area is 123 Å². The fourth-order valence-corrected chi connectivity index (χ4v) is 2.56. The molecule has 2 N–H and O–H groups in total. The van der Waals surface area contributed by atoms with Crippen molar-refractivity contribution in [3.8, 4) is 11.5 Å². The van der Waals surface area contributed by atoms with Crippen molar-refractivity contribution in [2.75, 3.05) is 26.6 Å². The molecular formula is C15H20N2O4. The van der Waals surface area contributed by atoms with Gasteiger partial charge in [0.2, 0.25) is 12.7 Å². The summed E-state index contributed by atoms with van der Waals surface area (Å²) in [6.45, 7) is 2.59. The fourth-order valence-electron chi connectivity index (χ4n) is 2.56. The van der Waals surface area contributed by atoms with Crippen LogP contribution in [-0.2, 0) is 16.1 Å². The average molecular weight is 292 g/mol. The normalized spacial score (nSPS) is 17.7. The minimum Gasteiger partial charge on any atom is -0.454 e. The molecule has 0 bridgehead atoms. The van der Waals surface area contributed by atoms with Crippen LogP contribution in [-0.4, -0.2) is 38.5 Å². The summed E-state index contributed by atoms with van der Waals surface area (Å²) in [4.78, 5) is 11.9. The Hall–Kier alpha value is -1.79. The van der Waals surface area contributed by atoms with Crippen molar-refractivity contribution in [1.82, 2.24) is 10.6 Å². The Morgan fingerprint density at radius 2 is 2.10 bits per heavy atom. The van der Waals surface area contributed by atoms with Crippen molar-refractivity contribution in [3.63, 3.8) is 0 Å². The summed E-state index contributed by atoms with van der Waals surface area (Å²) in [7, 11) is 0. The van der Waals surface area contributed by atoms with Gasteiger partial charge in [-0.3, -0.25) is 4.79 Å². The molecule has 1 aromatic carbocycles. The van der Waals surface area contributed by atoms with Crippen LogP contribution in [0.5, 0.6) is 11.5 Å². The number of amides is 1. The molecule has 2 aliphatic rings. The van der Waals surface area contributed by atoms with Gasteiger partial charge in [0, 0.05) is 31.4 Å². The third kappa shape index (κ3) is 3.65. The number of ether oxygens (including phenoxy) is 3. The molecule has 6 heteroatoms. The zero-order valence-corrected chi connectivity index (χ0v) is 11.9. The molecule has 1 saturated heterocycles. The molecular weight excluding hydrogens is 272 g/mol. The number of rotatable bonds is 5. The Morgan fingerprint density at radius 3 is 2.95 bits per heavy atom. The molecule has 2 heterocycles. The lowest BCUT2D eigenvalue weighted by Crippen LogP contribution is -2.42. The molecule has 0 unspecified atom stereocenters. The maximum Gasteiger partial charge on any atom is 0.234 e. The van der Waals surface area contributed by atoms with Crippen LogP contribution in [0.2, 0.25) is 0 Å². The van der Waals surface area contributed by atoms with Crippen LogP contribution in [0, 0.1) is 0 Å². The smallest absolute Gasteiger partial charge is 0.234 e. The maximum atomic E-state index is 11.9. The van der Waals surface area contributed by atoms with Gasteiger partial charge in [-0.15, -0.1) is 0 Å². The Bertz CT molecular complexity index is 500. The molecule has 0 spiro atoms. The van der Waals surface area contributed by atoms with Gasteiger partial charge in [-0.05, 0) is 18.9 Å². The number of hydrogen-bond acceptors (Lipinski definition) is 5. The van der Waals surface area contributed by atoms with E-state index >= 15 is 0 Å². The quantitative estimate of drug-likeness (QED) is 0.840. The summed E-state index contributed by atoms with van der Waals surface area (Å²) in [5.74, 6) is 1.56. The molecule has 3 rings (SSSR count). The van der Waals surface area contributed by atoms with E-state index in [1.165, 1.54) is 0 Å². The van der Waals surface area contributed by atoms with Gasteiger partial charge in [-0.25, -0.2) is 0 Å². The number of hydrogen-bond donors (Lipinski definition) is 2. The van der Waals surface area contributed by atoms with Gasteiger partial charge < -0.3 is 24.8 Å². The lowest BCUT2D eigenvalue weighted by atomic mass is 10.1. The van der Waals surface area contributed by atoms with E-state index < -0.39 is 0 Å². The third-order valence-electron chi connectivity index (χ3n) is 3.67. The summed E-state index contributed by atoms with van der Waals surface area (Å²) in [5, 5.41) is 6.16. The van der Waals surface area contributed by atoms with Crippen molar-refractivity contribution >= 4 is 5.91 Å². The SMILES string of the molecule is O=C(CNCc1cccc2c1OCO2)NC1CCOCC1. The number of para-hydroxylation sites is 1. The monoisotopic (exact) mass is 292 g/mol. The Balaban J connectivity index is 1.43. The number of benzene rings is 1. The predicted molar refractivity (Wildman–Crippen MR) is 76.3 cm³/mol. The van der Waals surface area contributed by atoms with Crippen LogP contribution in [0.3, 0.4) is 0 Å². The Morgan fingerprint density at radius 1 is 1.24 bits per heavy atom. The highest BCUT2D eigenvalue weighted by molar-refractivity contribution is 5.78. The van der Waals surface area contributed by atoms with E-state index in [0.717, 1.165) is 43.1 Å². The highest BCUT2D eigenvalue weighted by atomic mass is 16.7. The van der Waals surface area contributed by atoms with Crippen LogP contribution in [0.1, 0.15) is 18.4 Å². The number of carbonyl (C=O) groups is 1. The number of nitrogens with one attached hydrogen (secondary N) is 2. The second-order valence-corrected chi connectivity index (χ2v) is 5.21. The van der Waals surface area contributed by atoms with E-state index in [9.17, 15) is 4.79 Å². The topological polar surface area (TPSA) is 68.8 Å². The van der Waals surface area contributed by atoms with Crippen molar-refractivity contribution in [2.24, 2.45) is 0 Å². The molecule has 0 radical (unpaired) electrons. The van der Waals surface area contributed by atoms with Crippen LogP contribution in [0.25, 0.3) is 0 Å². The van der Waals surface area contributed by atoms with Gasteiger partial charge >= 0.3 is 0 Å². The van der Waals surface area contributed by atoms with Crippen LogP contribution >= 0.6 is 0 Å². The molecule has 6 nitrogen and oxygen atoms in total. The van der Waals surface area contributed by atoms with Crippen molar-refractivity contribution < 1.29 is 19.0 Å². The molecule has 1 amide bonds. The lowest BCUT2D eigenvalue weighted by Gasteiger charge is -2.23. The second kappa shape index (κ2) is 6.78. The van der Waals surface area contributed by atoms with Gasteiger partial charge in [0.25, 0.3) is 0 Å². The molecule has 1 fully saturated rings. The molecule has 114 valence electrons. The van der Waals surface area contributed by atoms with Gasteiger partial charge in [0.1, 0.15) is 0 Å². The van der Waals surface area contributed by atoms with E-state index in [0.29, 0.717) is 13.1 Å². The van der Waals surface area contributed by atoms with Gasteiger partial charge in [0.05, 0.1) is 6.54 Å². The number of fused-ring (bicyclic) bond motifs is 1. The zero-order valence-electron chi connectivity index (χ0n) is 11.9. The standard InChI is InChI=1S/C15H20N2O4/c18-14(17-12-4-6-19-7-5-12)9-16-8-11-2-1-3-13-15(11)21-10-20-13/h1-3,12,16H,4-10H2,(H,17,18). The molecule has 21 heavy (non-hydrogen) atoms. The maximum absolute atomic E-state index is 11.9. The fraction of sp³-hybridized carbons (Fsp3) is 0.533. The minimum absolute atomic E-state index is 0.0200. The summed E-state index contributed by atoms with van der Waals surface area (Å²) in [6, 6.07) is 6.01. The summed E-state index contributed by atoms with van der Waals surface area (Å²) in [5.41, 5.74) is 1.00. The first-order chi connectivity index (χ1) is 10.3. The van der Waals surface area contributed by atoms with Crippen molar-refractivity contribution in [1.29, 1.82) is 0 Å². The lowest BCUT2D eigenvalue weighted by molar-refractivity contribution is -0.121. The predicted octanol–water partition coefficient (Wildman–Crippen LogP) is 0.800. The summed E-state index contributed by atoms with van der Waals surface area (Å²) < 4.78 is 16.0. The van der Waals surface area contributed by atoms with Gasteiger partial charge in [-0.2, -0.15) is 0 Å². The summed E-state index contributed by atoms with van der Waals surface area (Å²) >= 11 is 0. The first kappa shape index (κ1) is 14.2. The zero-order chi connectivity index (χ0) is 14.5. The molecule has 0 aromatic heterocycles. The molecule has 0 saturated carbocycles. The molecule has 0 aliphatic carbocycles. The first-order valence-corrected chi connectivity index (χ1v) is 7.28. The van der Waals surface area contributed by atoms with Crippen LogP contribution < -0.4 is 20.1 Å². The van der Waals surface area contributed by atoms with Gasteiger partial charge in [0.15, 0.2) is 11.5 Å². The Kier molecular flexibility index (Phi) is 4.57. The second-order valence-electron chi connectivity index (χ2n) is 5.21. The van der Waals surface area contributed by atoms with Crippen LogP contribution in [0.15, 0.2) is 18.2 Å². The van der Waals surface area contributed by atoms with E-state index in [-0.39, 0.29) is 18.7 Å². The van der Waals surface area contributed by atoms with E-state index in [1.807, 2.05) is 18.2 Å². The van der Waals surface area contributed by atoms with E-state index in [4.69, 9.17) is 14.2 Å². The molecule has 2 aliphatic heterocycles. The van der Waals surface area contributed by atoms with E-state index in [2.05, 4.69) is 10.6 Å².